The summed E-state index contributed by atoms with van der Waals surface area (Å²) in [5, 5.41) is 2.89. The predicted molar refractivity (Wildman–Crippen MR) is 72.4 cm³/mol. The molecule has 1 aromatic rings. The maximum atomic E-state index is 11.6. The summed E-state index contributed by atoms with van der Waals surface area (Å²) < 4.78 is 0. The number of hydrogen-bond donors (Lipinski definition) is 1. The van der Waals surface area contributed by atoms with Crippen LogP contribution in [-0.2, 0) is 15.0 Å². The van der Waals surface area contributed by atoms with Gasteiger partial charge in [-0.25, -0.2) is 0 Å². The van der Waals surface area contributed by atoms with Gasteiger partial charge in [0.1, 0.15) is 5.78 Å². The van der Waals surface area contributed by atoms with Gasteiger partial charge in [0.2, 0.25) is 5.91 Å². The summed E-state index contributed by atoms with van der Waals surface area (Å²) >= 11 is 0. The third-order valence-electron chi connectivity index (χ3n) is 2.99. The highest BCUT2D eigenvalue weighted by atomic mass is 16.2. The van der Waals surface area contributed by atoms with Gasteiger partial charge in [-0.05, 0) is 12.5 Å². The van der Waals surface area contributed by atoms with Gasteiger partial charge < -0.3 is 10.1 Å². The van der Waals surface area contributed by atoms with Crippen LogP contribution in [0.3, 0.4) is 0 Å². The summed E-state index contributed by atoms with van der Waals surface area (Å²) in [5.74, 6) is -0.0123. The van der Waals surface area contributed by atoms with Crippen LogP contribution in [0.25, 0.3) is 0 Å². The largest absolute Gasteiger partial charge is 0.355 e. The smallest absolute Gasteiger partial charge is 0.220 e. The fraction of sp³-hybridized carbons (Fsp3) is 0.467. The standard InChI is InChI=1S/C15H21NO2/c1-12(17)9-10-14(18)16-11-15(2,3)13-7-5-4-6-8-13/h4-8H,9-11H2,1-3H3,(H,16,18). The SMILES string of the molecule is CC(=O)CCC(=O)NCC(C)(C)c1ccccc1. The third-order valence-corrected chi connectivity index (χ3v) is 2.99. The summed E-state index contributed by atoms with van der Waals surface area (Å²) in [4.78, 5) is 22.4. The molecular weight excluding hydrogens is 226 g/mol. The van der Waals surface area contributed by atoms with Crippen LogP contribution in [-0.4, -0.2) is 18.2 Å². The van der Waals surface area contributed by atoms with Gasteiger partial charge in [0, 0.05) is 24.8 Å². The Balaban J connectivity index is 2.47. The maximum Gasteiger partial charge on any atom is 0.220 e. The molecule has 0 aliphatic heterocycles. The molecule has 0 fully saturated rings. The van der Waals surface area contributed by atoms with Crippen LogP contribution in [0.5, 0.6) is 0 Å². The van der Waals surface area contributed by atoms with E-state index in [2.05, 4.69) is 31.3 Å². The van der Waals surface area contributed by atoms with Crippen molar-refractivity contribution in [3.8, 4) is 0 Å². The van der Waals surface area contributed by atoms with Crippen LogP contribution in [0.1, 0.15) is 39.2 Å². The highest BCUT2D eigenvalue weighted by Crippen LogP contribution is 2.21. The first kappa shape index (κ1) is 14.4. The number of Topliss-reactive ketones (excluding diaryl/α,β-unsaturated/α-hetero) is 1. The zero-order valence-corrected chi connectivity index (χ0v) is 11.3. The minimum atomic E-state index is -0.104. The van der Waals surface area contributed by atoms with Crippen LogP contribution in [0.15, 0.2) is 30.3 Å². The molecule has 0 aromatic heterocycles. The monoisotopic (exact) mass is 247 g/mol. The van der Waals surface area contributed by atoms with Gasteiger partial charge in [0.05, 0.1) is 0 Å². The van der Waals surface area contributed by atoms with E-state index in [1.54, 1.807) is 0 Å². The Labute approximate surface area is 109 Å². The van der Waals surface area contributed by atoms with E-state index < -0.39 is 0 Å². The predicted octanol–water partition coefficient (Wildman–Crippen LogP) is 2.45. The molecule has 0 heterocycles. The molecule has 0 aliphatic carbocycles. The Morgan fingerprint density at radius 2 is 1.72 bits per heavy atom. The van der Waals surface area contributed by atoms with Crippen LogP contribution >= 0.6 is 0 Å². The maximum absolute atomic E-state index is 11.6. The number of carbonyl (C=O) groups excluding carboxylic acids is 2. The minimum absolute atomic E-state index is 0.0486. The molecule has 0 bridgehead atoms. The Morgan fingerprint density at radius 3 is 2.28 bits per heavy atom. The van der Waals surface area contributed by atoms with E-state index in [9.17, 15) is 9.59 Å². The van der Waals surface area contributed by atoms with Gasteiger partial charge in [0.25, 0.3) is 0 Å². The van der Waals surface area contributed by atoms with Crippen molar-refractivity contribution in [3.05, 3.63) is 35.9 Å². The fourth-order valence-corrected chi connectivity index (χ4v) is 1.69. The van der Waals surface area contributed by atoms with Gasteiger partial charge in [-0.1, -0.05) is 44.2 Å². The van der Waals surface area contributed by atoms with E-state index >= 15 is 0 Å². The van der Waals surface area contributed by atoms with Gasteiger partial charge >= 0.3 is 0 Å². The molecule has 1 N–H and O–H groups in total. The summed E-state index contributed by atoms with van der Waals surface area (Å²) in [6, 6.07) is 10.1. The lowest BCUT2D eigenvalue weighted by Crippen LogP contribution is -2.36. The molecule has 0 saturated heterocycles. The first-order valence-corrected chi connectivity index (χ1v) is 6.23. The molecule has 98 valence electrons. The molecule has 0 aliphatic rings. The normalized spacial score (nSPS) is 11.1. The van der Waals surface area contributed by atoms with Crippen molar-refractivity contribution in [1.82, 2.24) is 5.32 Å². The van der Waals surface area contributed by atoms with Crippen LogP contribution in [0.2, 0.25) is 0 Å². The average molecular weight is 247 g/mol. The number of ketones is 1. The lowest BCUT2D eigenvalue weighted by atomic mass is 9.84. The molecular formula is C15H21NO2. The van der Waals surface area contributed by atoms with Crippen molar-refractivity contribution in [1.29, 1.82) is 0 Å². The second-order valence-electron chi connectivity index (χ2n) is 5.23. The Morgan fingerprint density at radius 1 is 1.11 bits per heavy atom. The van der Waals surface area contributed by atoms with Gasteiger partial charge in [-0.2, -0.15) is 0 Å². The number of hydrogen-bond acceptors (Lipinski definition) is 2. The summed E-state index contributed by atoms with van der Waals surface area (Å²) in [6.07, 6.45) is 0.595. The van der Waals surface area contributed by atoms with Crippen LogP contribution in [0, 0.1) is 0 Å². The van der Waals surface area contributed by atoms with E-state index in [4.69, 9.17) is 0 Å². The molecule has 1 aromatic carbocycles. The Bertz CT molecular complexity index is 410. The van der Waals surface area contributed by atoms with Crippen molar-refractivity contribution >= 4 is 11.7 Å². The molecule has 0 spiro atoms. The van der Waals surface area contributed by atoms with E-state index in [0.717, 1.165) is 0 Å². The highest BCUT2D eigenvalue weighted by molar-refractivity contribution is 5.83. The van der Waals surface area contributed by atoms with E-state index in [-0.39, 0.29) is 23.5 Å². The second-order valence-corrected chi connectivity index (χ2v) is 5.23. The van der Waals surface area contributed by atoms with Gasteiger partial charge in [-0.3, -0.25) is 4.79 Å². The lowest BCUT2D eigenvalue weighted by Gasteiger charge is -2.25. The third kappa shape index (κ3) is 4.70. The molecule has 1 amide bonds. The summed E-state index contributed by atoms with van der Waals surface area (Å²) in [7, 11) is 0. The second kappa shape index (κ2) is 6.34. The number of amides is 1. The van der Waals surface area contributed by atoms with Crippen LogP contribution in [0.4, 0.5) is 0 Å². The van der Waals surface area contributed by atoms with Gasteiger partial charge in [0.15, 0.2) is 0 Å². The van der Waals surface area contributed by atoms with E-state index in [1.165, 1.54) is 12.5 Å². The highest BCUT2D eigenvalue weighted by Gasteiger charge is 2.20. The molecule has 0 atom stereocenters. The van der Waals surface area contributed by atoms with Crippen molar-refractivity contribution in [2.75, 3.05) is 6.54 Å². The molecule has 0 saturated carbocycles. The molecule has 3 heteroatoms. The van der Waals surface area contributed by atoms with Crippen molar-refractivity contribution < 1.29 is 9.59 Å². The van der Waals surface area contributed by atoms with Crippen molar-refractivity contribution in [3.63, 3.8) is 0 Å². The lowest BCUT2D eigenvalue weighted by molar-refractivity contribution is -0.124. The molecule has 18 heavy (non-hydrogen) atoms. The Kier molecular flexibility index (Phi) is 5.08. The molecule has 1 rings (SSSR count). The average Bonchev–Trinajstić information content (AvgIpc) is 2.35. The number of nitrogens with one attached hydrogen (secondary N) is 1. The minimum Gasteiger partial charge on any atom is -0.355 e. The molecule has 0 radical (unpaired) electrons. The van der Waals surface area contributed by atoms with Gasteiger partial charge in [-0.15, -0.1) is 0 Å². The number of rotatable bonds is 6. The first-order valence-electron chi connectivity index (χ1n) is 6.23. The number of carbonyl (C=O) groups is 2. The zero-order chi connectivity index (χ0) is 13.6. The fourth-order valence-electron chi connectivity index (χ4n) is 1.69. The topological polar surface area (TPSA) is 46.2 Å². The summed E-state index contributed by atoms with van der Waals surface area (Å²) in [6.45, 7) is 6.26. The van der Waals surface area contributed by atoms with E-state index in [1.807, 2.05) is 18.2 Å². The summed E-state index contributed by atoms with van der Waals surface area (Å²) in [5.41, 5.74) is 1.09. The molecule has 3 nitrogen and oxygen atoms in total. The molecule has 0 unspecified atom stereocenters. The van der Waals surface area contributed by atoms with Crippen molar-refractivity contribution in [2.45, 2.75) is 39.0 Å². The quantitative estimate of drug-likeness (QED) is 0.839. The number of benzene rings is 1. The van der Waals surface area contributed by atoms with E-state index in [0.29, 0.717) is 13.0 Å². The first-order chi connectivity index (χ1) is 8.42. The van der Waals surface area contributed by atoms with Crippen molar-refractivity contribution in [2.24, 2.45) is 0 Å². The zero-order valence-electron chi connectivity index (χ0n) is 11.3. The van der Waals surface area contributed by atoms with Crippen LogP contribution < -0.4 is 5.32 Å². The Hall–Kier alpha value is -1.64.